The average Bonchev–Trinajstić information content (AvgIpc) is 2.38. The highest BCUT2D eigenvalue weighted by molar-refractivity contribution is 7.80. The summed E-state index contributed by atoms with van der Waals surface area (Å²) in [4.78, 5) is 2.23. The third kappa shape index (κ3) is 4.04. The highest BCUT2D eigenvalue weighted by Crippen LogP contribution is 2.32. The predicted octanol–water partition coefficient (Wildman–Crippen LogP) is 4.00. The van der Waals surface area contributed by atoms with E-state index in [1.165, 1.54) is 12.1 Å². The van der Waals surface area contributed by atoms with Crippen LogP contribution in [-0.4, -0.2) is 23.7 Å². The van der Waals surface area contributed by atoms with E-state index in [0.717, 1.165) is 31.4 Å². The van der Waals surface area contributed by atoms with Crippen molar-refractivity contribution in [2.24, 2.45) is 0 Å². The molecule has 0 N–H and O–H groups in total. The fourth-order valence-electron chi connectivity index (χ4n) is 2.43. The van der Waals surface area contributed by atoms with Crippen LogP contribution in [-0.2, 0) is 0 Å². The van der Waals surface area contributed by atoms with Crippen molar-refractivity contribution in [1.29, 1.82) is 0 Å². The predicted molar refractivity (Wildman–Crippen MR) is 70.3 cm³/mol. The Balaban J connectivity index is 2.08. The van der Waals surface area contributed by atoms with Gasteiger partial charge in [0.1, 0.15) is 5.75 Å². The lowest BCUT2D eigenvalue weighted by atomic mass is 9.96. The minimum absolute atomic E-state index is 0.176. The van der Waals surface area contributed by atoms with Gasteiger partial charge >= 0.3 is 6.36 Å². The molecule has 1 heterocycles. The van der Waals surface area contributed by atoms with Crippen LogP contribution in [0.4, 0.5) is 13.2 Å². The monoisotopic (exact) mass is 291 g/mol. The number of rotatable bonds is 3. The van der Waals surface area contributed by atoms with E-state index in [4.69, 9.17) is 0 Å². The molecule has 1 saturated heterocycles. The molecule has 1 aliphatic rings. The molecule has 2 nitrogen and oxygen atoms in total. The summed E-state index contributed by atoms with van der Waals surface area (Å²) in [6.45, 7) is 0.981. The Kier molecular flexibility index (Phi) is 4.62. The largest absolute Gasteiger partial charge is 0.573 e. The molecule has 0 amide bonds. The van der Waals surface area contributed by atoms with Crippen molar-refractivity contribution in [2.75, 3.05) is 12.4 Å². The van der Waals surface area contributed by atoms with Gasteiger partial charge in [0.25, 0.3) is 0 Å². The van der Waals surface area contributed by atoms with Crippen molar-refractivity contribution >= 4 is 12.6 Å². The quantitative estimate of drug-likeness (QED) is 0.845. The molecule has 106 valence electrons. The van der Waals surface area contributed by atoms with Gasteiger partial charge in [0.05, 0.1) is 0 Å². The summed E-state index contributed by atoms with van der Waals surface area (Å²) in [6.07, 6.45) is -1.34. The van der Waals surface area contributed by atoms with Crippen molar-refractivity contribution in [3.8, 4) is 5.75 Å². The van der Waals surface area contributed by atoms with E-state index in [1.807, 2.05) is 0 Å². The van der Waals surface area contributed by atoms with Crippen molar-refractivity contribution < 1.29 is 17.9 Å². The molecule has 1 fully saturated rings. The SMILES string of the molecule is FC(F)(F)Oc1ccc(C2CCCCN2CS)cc1. The number of hydrogen-bond acceptors (Lipinski definition) is 3. The zero-order valence-corrected chi connectivity index (χ0v) is 11.3. The first-order valence-electron chi connectivity index (χ1n) is 6.20. The minimum Gasteiger partial charge on any atom is -0.406 e. The fourth-order valence-corrected chi connectivity index (χ4v) is 2.77. The number of alkyl halides is 3. The minimum atomic E-state index is -4.64. The van der Waals surface area contributed by atoms with Crippen LogP contribution in [0.3, 0.4) is 0 Å². The van der Waals surface area contributed by atoms with E-state index in [-0.39, 0.29) is 11.8 Å². The third-order valence-corrected chi connectivity index (χ3v) is 3.66. The lowest BCUT2D eigenvalue weighted by Gasteiger charge is -2.34. The number of thiol groups is 1. The third-order valence-electron chi connectivity index (χ3n) is 3.29. The Bertz CT molecular complexity index is 407. The molecule has 1 aromatic rings. The van der Waals surface area contributed by atoms with Crippen LogP contribution in [0.25, 0.3) is 0 Å². The van der Waals surface area contributed by atoms with Crippen LogP contribution in [0.15, 0.2) is 24.3 Å². The summed E-state index contributed by atoms with van der Waals surface area (Å²) < 4.78 is 40.1. The van der Waals surface area contributed by atoms with Crippen LogP contribution in [0.2, 0.25) is 0 Å². The number of hydrogen-bond donors (Lipinski definition) is 1. The number of likely N-dealkylation sites (tertiary alicyclic amines) is 1. The molecule has 0 aliphatic carbocycles. The molecule has 2 rings (SSSR count). The summed E-state index contributed by atoms with van der Waals surface area (Å²) in [5.41, 5.74) is 1.02. The van der Waals surface area contributed by atoms with Gasteiger partial charge < -0.3 is 4.74 Å². The Morgan fingerprint density at radius 3 is 2.47 bits per heavy atom. The fraction of sp³-hybridized carbons (Fsp3) is 0.538. The molecule has 0 radical (unpaired) electrons. The van der Waals surface area contributed by atoms with E-state index >= 15 is 0 Å². The highest BCUT2D eigenvalue weighted by Gasteiger charge is 2.31. The number of piperidine rings is 1. The van der Waals surface area contributed by atoms with Gasteiger partial charge in [-0.15, -0.1) is 13.2 Å². The summed E-state index contributed by atoms with van der Waals surface area (Å²) in [6, 6.07) is 6.38. The van der Waals surface area contributed by atoms with Crippen molar-refractivity contribution in [3.05, 3.63) is 29.8 Å². The normalized spacial score (nSPS) is 21.4. The first kappa shape index (κ1) is 14.5. The second-order valence-electron chi connectivity index (χ2n) is 4.58. The summed E-state index contributed by atoms with van der Waals surface area (Å²) in [7, 11) is 0. The average molecular weight is 291 g/mol. The van der Waals surface area contributed by atoms with Gasteiger partial charge in [-0.1, -0.05) is 18.6 Å². The summed E-state index contributed by atoms with van der Waals surface area (Å²) in [5, 5.41) is 0. The second kappa shape index (κ2) is 6.05. The Labute approximate surface area is 116 Å². The van der Waals surface area contributed by atoms with Crippen LogP contribution >= 0.6 is 12.6 Å². The highest BCUT2D eigenvalue weighted by atomic mass is 32.1. The van der Waals surface area contributed by atoms with Gasteiger partial charge in [-0.25, -0.2) is 0 Å². The molecular weight excluding hydrogens is 275 g/mol. The van der Waals surface area contributed by atoms with Crippen LogP contribution in [0.1, 0.15) is 30.9 Å². The zero-order valence-electron chi connectivity index (χ0n) is 10.4. The van der Waals surface area contributed by atoms with E-state index in [9.17, 15) is 13.2 Å². The van der Waals surface area contributed by atoms with E-state index < -0.39 is 6.36 Å². The maximum atomic E-state index is 12.1. The number of ether oxygens (including phenoxy) is 1. The first-order valence-corrected chi connectivity index (χ1v) is 6.83. The first-order chi connectivity index (χ1) is 8.99. The van der Waals surface area contributed by atoms with E-state index in [1.54, 1.807) is 12.1 Å². The molecule has 0 bridgehead atoms. The molecular formula is C13H16F3NOS. The lowest BCUT2D eigenvalue weighted by molar-refractivity contribution is -0.274. The molecule has 1 atom stereocenters. The van der Waals surface area contributed by atoms with Crippen molar-refractivity contribution in [2.45, 2.75) is 31.7 Å². The molecule has 19 heavy (non-hydrogen) atoms. The Morgan fingerprint density at radius 2 is 1.89 bits per heavy atom. The van der Waals surface area contributed by atoms with E-state index in [2.05, 4.69) is 22.3 Å². The van der Waals surface area contributed by atoms with E-state index in [0.29, 0.717) is 5.88 Å². The summed E-state index contributed by atoms with van der Waals surface area (Å²) in [5.74, 6) is 0.482. The van der Waals surface area contributed by atoms with Gasteiger partial charge in [0, 0.05) is 11.9 Å². The smallest absolute Gasteiger partial charge is 0.406 e. The Hall–Kier alpha value is -0.880. The van der Waals surface area contributed by atoms with Gasteiger partial charge in [0.15, 0.2) is 0 Å². The van der Waals surface area contributed by atoms with Gasteiger partial charge in [-0.3, -0.25) is 4.90 Å². The number of benzene rings is 1. The van der Waals surface area contributed by atoms with Crippen molar-refractivity contribution in [3.63, 3.8) is 0 Å². The Morgan fingerprint density at radius 1 is 1.21 bits per heavy atom. The molecule has 1 aromatic carbocycles. The van der Waals surface area contributed by atoms with Gasteiger partial charge in [-0.05, 0) is 37.1 Å². The molecule has 1 unspecified atom stereocenters. The molecule has 0 spiro atoms. The van der Waals surface area contributed by atoms with Gasteiger partial charge in [-0.2, -0.15) is 12.6 Å². The van der Waals surface area contributed by atoms with Crippen LogP contribution in [0.5, 0.6) is 5.75 Å². The second-order valence-corrected chi connectivity index (χ2v) is 4.87. The molecule has 0 saturated carbocycles. The summed E-state index contributed by atoms with van der Waals surface area (Å²) >= 11 is 4.30. The zero-order chi connectivity index (χ0) is 13.9. The van der Waals surface area contributed by atoms with Crippen LogP contribution in [0, 0.1) is 0 Å². The lowest BCUT2D eigenvalue weighted by Crippen LogP contribution is -2.32. The standard InChI is InChI=1S/C13H16F3NOS/c14-13(15,16)18-11-6-4-10(5-7-11)12-3-1-2-8-17(12)9-19/h4-7,12,19H,1-3,8-9H2. The van der Waals surface area contributed by atoms with Crippen LogP contribution < -0.4 is 4.74 Å². The van der Waals surface area contributed by atoms with Crippen molar-refractivity contribution in [1.82, 2.24) is 4.90 Å². The van der Waals surface area contributed by atoms with Gasteiger partial charge in [0.2, 0.25) is 0 Å². The molecule has 0 aromatic heterocycles. The molecule has 6 heteroatoms. The number of halogens is 3. The molecule has 1 aliphatic heterocycles. The topological polar surface area (TPSA) is 12.5 Å². The maximum absolute atomic E-state index is 12.1. The number of nitrogens with zero attached hydrogens (tertiary/aromatic N) is 1. The maximum Gasteiger partial charge on any atom is 0.573 e.